The second-order valence-electron chi connectivity index (χ2n) is 4.84. The van der Waals surface area contributed by atoms with Gasteiger partial charge < -0.3 is 5.73 Å². The van der Waals surface area contributed by atoms with Crippen LogP contribution >= 0.6 is 0 Å². The van der Waals surface area contributed by atoms with Crippen molar-refractivity contribution in [1.29, 1.82) is 0 Å². The molecule has 6 heteroatoms. The largest absolute Gasteiger partial charge is 0.412 e. The highest BCUT2D eigenvalue weighted by molar-refractivity contribution is 5.25. The summed E-state index contributed by atoms with van der Waals surface area (Å²) >= 11 is 0. The van der Waals surface area contributed by atoms with Gasteiger partial charge in [0, 0.05) is 37.3 Å². The predicted molar refractivity (Wildman–Crippen MR) is 68.3 cm³/mol. The lowest BCUT2D eigenvalue weighted by atomic mass is 10.1. The first-order valence-corrected chi connectivity index (χ1v) is 6.36. The van der Waals surface area contributed by atoms with Crippen LogP contribution in [-0.2, 0) is 13.1 Å². The molecule has 1 aromatic carbocycles. The molecule has 20 heavy (non-hydrogen) atoms. The van der Waals surface area contributed by atoms with Gasteiger partial charge in [-0.1, -0.05) is 18.2 Å². The van der Waals surface area contributed by atoms with Crippen LogP contribution in [0, 0.1) is 5.82 Å². The van der Waals surface area contributed by atoms with Gasteiger partial charge in [-0.15, -0.1) is 0 Å². The lowest BCUT2D eigenvalue weighted by Gasteiger charge is -2.27. The molecule has 0 aromatic heterocycles. The number of hydrogen-bond donors (Lipinski definition) is 1. The molecule has 110 valence electrons. The molecule has 0 saturated carbocycles. The normalized spacial score (nSPS) is 17.1. The zero-order valence-corrected chi connectivity index (χ0v) is 10.9. The van der Waals surface area contributed by atoms with E-state index in [1.54, 1.807) is 17.0 Å². The summed E-state index contributed by atoms with van der Waals surface area (Å²) < 4.78 is 51.2. The van der Waals surface area contributed by atoms with Crippen molar-refractivity contribution in [3.63, 3.8) is 0 Å². The van der Waals surface area contributed by atoms with Crippen molar-refractivity contribution in [2.24, 2.45) is 5.73 Å². The van der Waals surface area contributed by atoms with Crippen molar-refractivity contribution in [2.75, 3.05) is 13.1 Å². The topological polar surface area (TPSA) is 29.3 Å². The van der Waals surface area contributed by atoms with Crippen molar-refractivity contribution < 1.29 is 17.6 Å². The SMILES string of the molecule is NCc1ccc(F)c(CN2CC=C(C(F)(F)F)CC2)c1. The lowest BCUT2D eigenvalue weighted by molar-refractivity contribution is -0.0960. The fourth-order valence-electron chi connectivity index (χ4n) is 2.23. The highest BCUT2D eigenvalue weighted by Crippen LogP contribution is 2.30. The van der Waals surface area contributed by atoms with Crippen molar-refractivity contribution in [3.05, 3.63) is 46.8 Å². The van der Waals surface area contributed by atoms with Gasteiger partial charge in [0.15, 0.2) is 0 Å². The van der Waals surface area contributed by atoms with Crippen molar-refractivity contribution in [1.82, 2.24) is 4.90 Å². The van der Waals surface area contributed by atoms with Gasteiger partial charge in [-0.05, 0) is 18.1 Å². The van der Waals surface area contributed by atoms with Gasteiger partial charge >= 0.3 is 6.18 Å². The molecule has 0 saturated heterocycles. The van der Waals surface area contributed by atoms with Gasteiger partial charge in [0.1, 0.15) is 5.82 Å². The fraction of sp³-hybridized carbons (Fsp3) is 0.429. The van der Waals surface area contributed by atoms with Crippen LogP contribution in [0.5, 0.6) is 0 Å². The average Bonchev–Trinajstić information content (AvgIpc) is 2.41. The first kappa shape index (κ1) is 15.0. The average molecular weight is 288 g/mol. The number of nitrogens with two attached hydrogens (primary N) is 1. The van der Waals surface area contributed by atoms with E-state index in [1.165, 1.54) is 12.1 Å². The molecule has 1 aliphatic heterocycles. The smallest absolute Gasteiger partial charge is 0.326 e. The van der Waals surface area contributed by atoms with Crippen molar-refractivity contribution in [3.8, 4) is 0 Å². The minimum absolute atomic E-state index is 0.0539. The summed E-state index contributed by atoms with van der Waals surface area (Å²) in [5.74, 6) is -0.354. The standard InChI is InChI=1S/C14H16F4N2/c15-13-2-1-10(8-19)7-11(13)9-20-5-3-12(4-6-20)14(16,17)18/h1-3,7H,4-6,8-9,19H2. The van der Waals surface area contributed by atoms with E-state index in [0.717, 1.165) is 5.56 Å². The van der Waals surface area contributed by atoms with Crippen molar-refractivity contribution in [2.45, 2.75) is 25.7 Å². The summed E-state index contributed by atoms with van der Waals surface area (Å²) in [6, 6.07) is 4.62. The van der Waals surface area contributed by atoms with Gasteiger partial charge in [-0.25, -0.2) is 4.39 Å². The van der Waals surface area contributed by atoms with Gasteiger partial charge in [0.25, 0.3) is 0 Å². The molecule has 1 aliphatic rings. The van der Waals surface area contributed by atoms with Crippen molar-refractivity contribution >= 4 is 0 Å². The number of nitrogens with zero attached hydrogens (tertiary/aromatic N) is 1. The number of benzene rings is 1. The minimum Gasteiger partial charge on any atom is -0.326 e. The second kappa shape index (κ2) is 5.93. The van der Waals surface area contributed by atoms with Gasteiger partial charge in [-0.2, -0.15) is 13.2 Å². The molecule has 1 heterocycles. The summed E-state index contributed by atoms with van der Waals surface area (Å²) in [6.07, 6.45) is -3.13. The Kier molecular flexibility index (Phi) is 4.45. The van der Waals surface area contributed by atoms with Crippen LogP contribution in [0.4, 0.5) is 17.6 Å². The maximum atomic E-state index is 13.7. The molecule has 0 aliphatic carbocycles. The molecule has 0 fully saturated rings. The quantitative estimate of drug-likeness (QED) is 0.684. The third-order valence-electron chi connectivity index (χ3n) is 3.40. The van der Waals surface area contributed by atoms with E-state index in [1.807, 2.05) is 0 Å². The molecule has 0 spiro atoms. The van der Waals surface area contributed by atoms with E-state index in [9.17, 15) is 17.6 Å². The Balaban J connectivity index is 2.04. The van der Waals surface area contributed by atoms with E-state index >= 15 is 0 Å². The Morgan fingerprint density at radius 1 is 1.25 bits per heavy atom. The summed E-state index contributed by atoms with van der Waals surface area (Å²) in [7, 11) is 0. The van der Waals surface area contributed by atoms with E-state index in [-0.39, 0.29) is 25.3 Å². The molecule has 2 N–H and O–H groups in total. The molecule has 1 aromatic rings. The van der Waals surface area contributed by atoms with Gasteiger partial charge in [0.2, 0.25) is 0 Å². The maximum Gasteiger partial charge on any atom is 0.412 e. The van der Waals surface area contributed by atoms with Crippen LogP contribution in [0.15, 0.2) is 29.8 Å². The first-order valence-electron chi connectivity index (χ1n) is 6.36. The zero-order chi connectivity index (χ0) is 14.8. The minimum atomic E-state index is -4.25. The molecule has 0 unspecified atom stereocenters. The highest BCUT2D eigenvalue weighted by atomic mass is 19.4. The molecule has 2 nitrogen and oxygen atoms in total. The third-order valence-corrected chi connectivity index (χ3v) is 3.40. The molecule has 0 amide bonds. The van der Waals surface area contributed by atoms with Gasteiger partial charge in [-0.3, -0.25) is 4.90 Å². The highest BCUT2D eigenvalue weighted by Gasteiger charge is 2.34. The Hall–Kier alpha value is -1.40. The number of hydrogen-bond acceptors (Lipinski definition) is 2. The Labute approximate surface area is 114 Å². The van der Waals surface area contributed by atoms with Crippen LogP contribution in [0.25, 0.3) is 0 Å². The molecule has 0 radical (unpaired) electrons. The first-order chi connectivity index (χ1) is 9.40. The predicted octanol–water partition coefficient (Wildman–Crippen LogP) is 2.98. The van der Waals surface area contributed by atoms with E-state index < -0.39 is 11.7 Å². The Morgan fingerprint density at radius 2 is 2.00 bits per heavy atom. The number of halogens is 4. The van der Waals surface area contributed by atoms with E-state index in [2.05, 4.69) is 0 Å². The number of rotatable bonds is 3. The Bertz CT molecular complexity index is 508. The lowest BCUT2D eigenvalue weighted by Crippen LogP contribution is -2.31. The fourth-order valence-corrected chi connectivity index (χ4v) is 2.23. The summed E-state index contributed by atoms with van der Waals surface area (Å²) in [5, 5.41) is 0. The van der Waals surface area contributed by atoms with Crippen LogP contribution in [-0.4, -0.2) is 24.2 Å². The second-order valence-corrected chi connectivity index (χ2v) is 4.84. The summed E-state index contributed by atoms with van der Waals surface area (Å²) in [5.41, 5.74) is 6.28. The van der Waals surface area contributed by atoms with Crippen LogP contribution < -0.4 is 5.73 Å². The van der Waals surface area contributed by atoms with Crippen LogP contribution in [0.1, 0.15) is 17.5 Å². The monoisotopic (exact) mass is 288 g/mol. The molecule has 0 atom stereocenters. The molecular formula is C14H16F4N2. The summed E-state index contributed by atoms with van der Waals surface area (Å²) in [4.78, 5) is 1.79. The molecule has 0 bridgehead atoms. The van der Waals surface area contributed by atoms with Crippen LogP contribution in [0.2, 0.25) is 0 Å². The summed E-state index contributed by atoms with van der Waals surface area (Å²) in [6.45, 7) is 1.06. The zero-order valence-electron chi connectivity index (χ0n) is 10.9. The van der Waals surface area contributed by atoms with E-state index in [4.69, 9.17) is 5.73 Å². The van der Waals surface area contributed by atoms with Crippen LogP contribution in [0.3, 0.4) is 0 Å². The maximum absolute atomic E-state index is 13.7. The number of alkyl halides is 3. The molecular weight excluding hydrogens is 272 g/mol. The Morgan fingerprint density at radius 3 is 2.55 bits per heavy atom. The van der Waals surface area contributed by atoms with E-state index in [0.29, 0.717) is 18.7 Å². The molecule has 2 rings (SSSR count). The third kappa shape index (κ3) is 3.58. The van der Waals surface area contributed by atoms with Gasteiger partial charge in [0.05, 0.1) is 0 Å².